The SMILES string of the molecule is O=c1ccc(-c2ccc(OCC(F)(F)F)cn2)n[nH]1. The van der Waals surface area contributed by atoms with Gasteiger partial charge in [0.05, 0.1) is 11.9 Å². The van der Waals surface area contributed by atoms with Crippen LogP contribution in [0.4, 0.5) is 13.2 Å². The highest BCUT2D eigenvalue weighted by molar-refractivity contribution is 5.53. The van der Waals surface area contributed by atoms with E-state index in [1.807, 2.05) is 0 Å². The van der Waals surface area contributed by atoms with Gasteiger partial charge in [0.25, 0.3) is 5.56 Å². The Morgan fingerprint density at radius 2 is 1.89 bits per heavy atom. The van der Waals surface area contributed by atoms with Crippen LogP contribution >= 0.6 is 0 Å². The molecule has 0 saturated carbocycles. The standard InChI is InChI=1S/C11H8F3N3O2/c12-11(13,14)6-19-7-1-2-8(15-5-7)9-3-4-10(18)17-16-9/h1-5H,6H2,(H,17,18). The fraction of sp³-hybridized carbons (Fsp3) is 0.182. The van der Waals surface area contributed by atoms with Crippen molar-refractivity contribution in [1.82, 2.24) is 15.2 Å². The number of H-pyrrole nitrogens is 1. The summed E-state index contributed by atoms with van der Waals surface area (Å²) in [6, 6.07) is 5.53. The lowest BCUT2D eigenvalue weighted by molar-refractivity contribution is -0.153. The predicted octanol–water partition coefficient (Wildman–Crippen LogP) is 1.77. The van der Waals surface area contributed by atoms with Crippen LogP contribution in [-0.2, 0) is 0 Å². The van der Waals surface area contributed by atoms with Crippen LogP contribution in [0.1, 0.15) is 0 Å². The lowest BCUT2D eigenvalue weighted by Crippen LogP contribution is -2.19. The molecule has 0 amide bonds. The van der Waals surface area contributed by atoms with E-state index < -0.39 is 12.8 Å². The molecule has 100 valence electrons. The quantitative estimate of drug-likeness (QED) is 0.923. The number of aromatic amines is 1. The molecule has 0 aromatic carbocycles. The molecule has 0 atom stereocenters. The molecule has 8 heteroatoms. The van der Waals surface area contributed by atoms with Crippen LogP contribution in [-0.4, -0.2) is 28.0 Å². The minimum atomic E-state index is -4.39. The van der Waals surface area contributed by atoms with Crippen LogP contribution in [0, 0.1) is 0 Å². The molecule has 0 saturated heterocycles. The van der Waals surface area contributed by atoms with Crippen molar-refractivity contribution in [1.29, 1.82) is 0 Å². The molecule has 0 spiro atoms. The third kappa shape index (κ3) is 3.80. The summed E-state index contributed by atoms with van der Waals surface area (Å²) < 4.78 is 40.3. The first-order valence-electron chi connectivity index (χ1n) is 5.16. The summed E-state index contributed by atoms with van der Waals surface area (Å²) in [7, 11) is 0. The number of aromatic nitrogens is 3. The van der Waals surface area contributed by atoms with E-state index in [2.05, 4.69) is 19.9 Å². The van der Waals surface area contributed by atoms with Gasteiger partial charge in [-0.1, -0.05) is 0 Å². The molecule has 1 N–H and O–H groups in total. The maximum absolute atomic E-state index is 11.9. The van der Waals surface area contributed by atoms with Gasteiger partial charge in [-0.15, -0.1) is 0 Å². The van der Waals surface area contributed by atoms with Gasteiger partial charge in [-0.05, 0) is 18.2 Å². The van der Waals surface area contributed by atoms with Crippen molar-refractivity contribution in [3.63, 3.8) is 0 Å². The summed E-state index contributed by atoms with van der Waals surface area (Å²) in [5.41, 5.74) is 0.464. The molecule has 0 aliphatic carbocycles. The van der Waals surface area contributed by atoms with Crippen LogP contribution in [0.3, 0.4) is 0 Å². The summed E-state index contributed by atoms with van der Waals surface area (Å²) in [5, 5.41) is 5.98. The van der Waals surface area contributed by atoms with Gasteiger partial charge in [-0.2, -0.15) is 18.3 Å². The first kappa shape index (κ1) is 13.1. The van der Waals surface area contributed by atoms with Gasteiger partial charge >= 0.3 is 6.18 Å². The Hall–Kier alpha value is -2.38. The highest BCUT2D eigenvalue weighted by atomic mass is 19.4. The maximum Gasteiger partial charge on any atom is 0.422 e. The maximum atomic E-state index is 11.9. The zero-order valence-electron chi connectivity index (χ0n) is 9.44. The Morgan fingerprint density at radius 3 is 2.42 bits per heavy atom. The van der Waals surface area contributed by atoms with E-state index in [0.717, 1.165) is 6.20 Å². The molecule has 2 aromatic rings. The summed E-state index contributed by atoms with van der Waals surface area (Å²) in [6.45, 7) is -1.37. The smallest absolute Gasteiger partial charge is 0.422 e. The van der Waals surface area contributed by atoms with Gasteiger partial charge in [0.15, 0.2) is 6.61 Å². The highest BCUT2D eigenvalue weighted by Crippen LogP contribution is 2.19. The Bertz CT molecular complexity index is 587. The Balaban J connectivity index is 2.10. The Kier molecular flexibility index (Phi) is 3.50. The van der Waals surface area contributed by atoms with E-state index in [-0.39, 0.29) is 11.3 Å². The molecule has 2 heterocycles. The molecule has 0 unspecified atom stereocenters. The number of rotatable bonds is 3. The van der Waals surface area contributed by atoms with Crippen molar-refractivity contribution in [3.8, 4) is 17.1 Å². The zero-order chi connectivity index (χ0) is 13.9. The number of nitrogens with zero attached hydrogens (tertiary/aromatic N) is 2. The number of halogens is 3. The molecule has 19 heavy (non-hydrogen) atoms. The van der Waals surface area contributed by atoms with Crippen LogP contribution in [0.2, 0.25) is 0 Å². The van der Waals surface area contributed by atoms with Gasteiger partial charge < -0.3 is 4.74 Å². The number of hydrogen-bond donors (Lipinski definition) is 1. The minimum absolute atomic E-state index is 0.00509. The van der Waals surface area contributed by atoms with E-state index in [0.29, 0.717) is 11.4 Å². The number of alkyl halides is 3. The number of hydrogen-bond acceptors (Lipinski definition) is 4. The molecule has 0 radical (unpaired) electrons. The predicted molar refractivity (Wildman–Crippen MR) is 59.6 cm³/mol. The average molecular weight is 271 g/mol. The molecule has 2 rings (SSSR count). The van der Waals surface area contributed by atoms with Crippen molar-refractivity contribution in [2.45, 2.75) is 6.18 Å². The van der Waals surface area contributed by atoms with Crippen molar-refractivity contribution >= 4 is 0 Å². The van der Waals surface area contributed by atoms with E-state index in [1.54, 1.807) is 0 Å². The molecule has 0 fully saturated rings. The summed E-state index contributed by atoms with van der Waals surface area (Å²) in [5.74, 6) is 0.00509. The second-order valence-corrected chi connectivity index (χ2v) is 3.59. The van der Waals surface area contributed by atoms with E-state index in [1.165, 1.54) is 24.3 Å². The van der Waals surface area contributed by atoms with Gasteiger partial charge in [0.1, 0.15) is 11.4 Å². The van der Waals surface area contributed by atoms with E-state index >= 15 is 0 Å². The molecule has 2 aromatic heterocycles. The van der Waals surface area contributed by atoms with Crippen LogP contribution in [0.15, 0.2) is 35.3 Å². The van der Waals surface area contributed by atoms with Crippen molar-refractivity contribution < 1.29 is 17.9 Å². The molecule has 0 aliphatic rings. The van der Waals surface area contributed by atoms with Crippen LogP contribution in [0.5, 0.6) is 5.75 Å². The van der Waals surface area contributed by atoms with Gasteiger partial charge in [-0.25, -0.2) is 5.10 Å². The normalized spacial score (nSPS) is 11.3. The van der Waals surface area contributed by atoms with Crippen LogP contribution < -0.4 is 10.3 Å². The summed E-state index contributed by atoms with van der Waals surface area (Å²) in [4.78, 5) is 14.7. The lowest BCUT2D eigenvalue weighted by Gasteiger charge is -2.08. The second kappa shape index (κ2) is 5.09. The monoisotopic (exact) mass is 271 g/mol. The molecule has 0 aliphatic heterocycles. The lowest BCUT2D eigenvalue weighted by atomic mass is 10.2. The molecule has 5 nitrogen and oxygen atoms in total. The van der Waals surface area contributed by atoms with Crippen molar-refractivity contribution in [2.24, 2.45) is 0 Å². The summed E-state index contributed by atoms with van der Waals surface area (Å²) >= 11 is 0. The van der Waals surface area contributed by atoms with Crippen molar-refractivity contribution in [3.05, 3.63) is 40.8 Å². The fourth-order valence-corrected chi connectivity index (χ4v) is 1.27. The topological polar surface area (TPSA) is 67.9 Å². The fourth-order valence-electron chi connectivity index (χ4n) is 1.27. The zero-order valence-corrected chi connectivity index (χ0v) is 9.44. The molecular formula is C11H8F3N3O2. The number of ether oxygens (including phenoxy) is 1. The molecular weight excluding hydrogens is 263 g/mol. The van der Waals surface area contributed by atoms with Crippen LogP contribution in [0.25, 0.3) is 11.4 Å². The third-order valence-electron chi connectivity index (χ3n) is 2.08. The molecule has 0 bridgehead atoms. The Morgan fingerprint density at radius 1 is 1.16 bits per heavy atom. The Labute approximate surface area is 105 Å². The largest absolute Gasteiger partial charge is 0.483 e. The highest BCUT2D eigenvalue weighted by Gasteiger charge is 2.28. The first-order chi connectivity index (χ1) is 8.94. The second-order valence-electron chi connectivity index (χ2n) is 3.59. The van der Waals surface area contributed by atoms with Crippen molar-refractivity contribution in [2.75, 3.05) is 6.61 Å². The third-order valence-corrected chi connectivity index (χ3v) is 2.08. The average Bonchev–Trinajstić information content (AvgIpc) is 2.37. The van der Waals surface area contributed by atoms with E-state index in [4.69, 9.17) is 0 Å². The van der Waals surface area contributed by atoms with E-state index in [9.17, 15) is 18.0 Å². The number of nitrogens with one attached hydrogen (secondary N) is 1. The summed E-state index contributed by atoms with van der Waals surface area (Å²) in [6.07, 6.45) is -3.23. The van der Waals surface area contributed by atoms with Gasteiger partial charge in [-0.3, -0.25) is 9.78 Å². The first-order valence-corrected chi connectivity index (χ1v) is 5.16. The van der Waals surface area contributed by atoms with Gasteiger partial charge in [0.2, 0.25) is 0 Å². The minimum Gasteiger partial charge on any atom is -0.483 e. The number of pyridine rings is 1. The van der Waals surface area contributed by atoms with Gasteiger partial charge in [0, 0.05) is 6.07 Å².